The molecule has 0 radical (unpaired) electrons. The molecule has 146 valence electrons. The van der Waals surface area contributed by atoms with Crippen LogP contribution in [-0.2, 0) is 14.8 Å². The van der Waals surface area contributed by atoms with E-state index in [0.717, 1.165) is 25.7 Å². The van der Waals surface area contributed by atoms with Crippen LogP contribution in [0.4, 0.5) is 0 Å². The number of carbonyl (C=O) groups is 1. The number of amides is 1. The second-order valence-corrected chi connectivity index (χ2v) is 9.78. The minimum atomic E-state index is -3.96. The normalized spacial score (nSPS) is 17.0. The van der Waals surface area contributed by atoms with Gasteiger partial charge in [0.2, 0.25) is 15.9 Å². The van der Waals surface area contributed by atoms with Crippen molar-refractivity contribution in [2.75, 3.05) is 25.1 Å². The van der Waals surface area contributed by atoms with Gasteiger partial charge in [-0.15, -0.1) is 0 Å². The molecule has 0 spiro atoms. The average molecular weight is 439 g/mol. The highest BCUT2D eigenvalue weighted by atomic mass is 35.5. The smallest absolute Gasteiger partial charge is 0.242 e. The van der Waals surface area contributed by atoms with Crippen LogP contribution >= 0.6 is 35.0 Å². The maximum absolute atomic E-state index is 12.9. The molecule has 1 amide bonds. The average Bonchev–Trinajstić information content (AvgIpc) is 2.89. The fraction of sp³-hybridized carbons (Fsp3) is 0.588. The van der Waals surface area contributed by atoms with Gasteiger partial charge in [0.1, 0.15) is 10.9 Å². The maximum Gasteiger partial charge on any atom is 0.242 e. The van der Waals surface area contributed by atoms with E-state index in [-0.39, 0.29) is 20.8 Å². The molecular formula is C17H24Cl2N2O3S2. The molecule has 1 atom stereocenters. The lowest BCUT2D eigenvalue weighted by Crippen LogP contribution is -2.49. The number of nitrogens with zero attached hydrogens (tertiary/aromatic N) is 1. The number of carbonyl (C=O) groups excluding carboxylic acids is 1. The Morgan fingerprint density at radius 1 is 1.23 bits per heavy atom. The summed E-state index contributed by atoms with van der Waals surface area (Å²) in [6.45, 7) is 1.35. The van der Waals surface area contributed by atoms with Gasteiger partial charge in [0.15, 0.2) is 0 Å². The molecular weight excluding hydrogens is 415 g/mol. The summed E-state index contributed by atoms with van der Waals surface area (Å²) in [4.78, 5) is 14.6. The number of thioether (sulfide) groups is 1. The number of likely N-dealkylation sites (tertiary alicyclic amines) is 1. The predicted octanol–water partition coefficient (Wildman–Crippen LogP) is 3.80. The molecule has 1 aliphatic rings. The highest BCUT2D eigenvalue weighted by molar-refractivity contribution is 7.98. The summed E-state index contributed by atoms with van der Waals surface area (Å²) < 4.78 is 28.2. The molecule has 0 aromatic heterocycles. The lowest BCUT2D eigenvalue weighted by atomic mass is 10.2. The van der Waals surface area contributed by atoms with Gasteiger partial charge < -0.3 is 4.90 Å². The van der Waals surface area contributed by atoms with Crippen molar-refractivity contribution in [2.24, 2.45) is 0 Å². The van der Waals surface area contributed by atoms with Crippen molar-refractivity contribution in [1.29, 1.82) is 0 Å². The third-order valence-electron chi connectivity index (χ3n) is 4.31. The largest absolute Gasteiger partial charge is 0.341 e. The Kier molecular flexibility index (Phi) is 8.54. The summed E-state index contributed by atoms with van der Waals surface area (Å²) in [7, 11) is -3.96. The van der Waals surface area contributed by atoms with E-state index in [9.17, 15) is 13.2 Å². The van der Waals surface area contributed by atoms with Gasteiger partial charge in [0, 0.05) is 18.1 Å². The molecule has 1 aromatic carbocycles. The van der Waals surface area contributed by atoms with E-state index < -0.39 is 16.1 Å². The van der Waals surface area contributed by atoms with Gasteiger partial charge in [-0.2, -0.15) is 16.5 Å². The molecule has 1 fully saturated rings. The van der Waals surface area contributed by atoms with E-state index in [2.05, 4.69) is 4.72 Å². The number of benzene rings is 1. The van der Waals surface area contributed by atoms with Gasteiger partial charge in [-0.3, -0.25) is 4.79 Å². The fourth-order valence-corrected chi connectivity index (χ4v) is 5.37. The van der Waals surface area contributed by atoms with E-state index >= 15 is 0 Å². The Hall–Kier alpha value is -0.470. The van der Waals surface area contributed by atoms with Gasteiger partial charge in [0.25, 0.3) is 0 Å². The monoisotopic (exact) mass is 438 g/mol. The van der Waals surface area contributed by atoms with Crippen LogP contribution in [0.15, 0.2) is 23.1 Å². The molecule has 0 bridgehead atoms. The molecule has 1 saturated heterocycles. The number of hydrogen-bond acceptors (Lipinski definition) is 4. The zero-order valence-electron chi connectivity index (χ0n) is 14.7. The van der Waals surface area contributed by atoms with Gasteiger partial charge in [-0.25, -0.2) is 8.42 Å². The van der Waals surface area contributed by atoms with Crippen molar-refractivity contribution in [3.05, 3.63) is 28.2 Å². The summed E-state index contributed by atoms with van der Waals surface area (Å²) in [5, 5.41) is 0.349. The van der Waals surface area contributed by atoms with Gasteiger partial charge >= 0.3 is 0 Å². The first-order valence-corrected chi connectivity index (χ1v) is 12.2. The standard InChI is InChI=1S/C17H24Cl2N2O3S2/c1-25-11-8-15(17(22)21-9-4-2-3-5-10-21)20-26(23,24)16-12-13(18)6-7-14(16)19/h6-7,12,15,20H,2-5,8-11H2,1H3. The predicted molar refractivity (Wildman–Crippen MR) is 109 cm³/mol. The summed E-state index contributed by atoms with van der Waals surface area (Å²) in [6.07, 6.45) is 6.46. The lowest BCUT2D eigenvalue weighted by molar-refractivity contribution is -0.133. The molecule has 1 aromatic rings. The van der Waals surface area contributed by atoms with Crippen LogP contribution in [0.5, 0.6) is 0 Å². The quantitative estimate of drug-likeness (QED) is 0.702. The minimum Gasteiger partial charge on any atom is -0.341 e. The zero-order valence-corrected chi connectivity index (χ0v) is 17.9. The van der Waals surface area contributed by atoms with Crippen LogP contribution in [0.3, 0.4) is 0 Å². The van der Waals surface area contributed by atoms with Crippen molar-refractivity contribution in [1.82, 2.24) is 9.62 Å². The van der Waals surface area contributed by atoms with Crippen molar-refractivity contribution in [3.8, 4) is 0 Å². The highest BCUT2D eigenvalue weighted by Gasteiger charge is 2.30. The van der Waals surface area contributed by atoms with Crippen LogP contribution < -0.4 is 4.72 Å². The van der Waals surface area contributed by atoms with E-state index in [1.807, 2.05) is 6.26 Å². The molecule has 5 nitrogen and oxygen atoms in total. The van der Waals surface area contributed by atoms with Crippen molar-refractivity contribution in [3.63, 3.8) is 0 Å². The van der Waals surface area contributed by atoms with Crippen LogP contribution in [0.25, 0.3) is 0 Å². The van der Waals surface area contributed by atoms with E-state index in [1.54, 1.807) is 16.7 Å². The van der Waals surface area contributed by atoms with Gasteiger partial charge in [0.05, 0.1) is 5.02 Å². The first kappa shape index (κ1) is 21.8. The Morgan fingerprint density at radius 2 is 1.88 bits per heavy atom. The van der Waals surface area contributed by atoms with Crippen molar-refractivity contribution in [2.45, 2.75) is 43.0 Å². The molecule has 1 aliphatic heterocycles. The Labute approximate surface area is 169 Å². The lowest BCUT2D eigenvalue weighted by Gasteiger charge is -2.26. The van der Waals surface area contributed by atoms with E-state index in [4.69, 9.17) is 23.2 Å². The number of hydrogen-bond donors (Lipinski definition) is 1. The summed E-state index contributed by atoms with van der Waals surface area (Å²) in [5.74, 6) is 0.512. The molecule has 26 heavy (non-hydrogen) atoms. The second kappa shape index (κ2) is 10.2. The molecule has 9 heteroatoms. The maximum atomic E-state index is 12.9. The number of nitrogens with one attached hydrogen (secondary N) is 1. The number of halogens is 2. The summed E-state index contributed by atoms with van der Waals surface area (Å²) in [6, 6.07) is 3.46. The second-order valence-electron chi connectivity index (χ2n) is 6.27. The molecule has 1 heterocycles. The molecule has 0 saturated carbocycles. The molecule has 2 rings (SSSR count). The van der Waals surface area contributed by atoms with Crippen molar-refractivity contribution < 1.29 is 13.2 Å². The third-order valence-corrected chi connectivity index (χ3v) is 7.14. The Balaban J connectivity index is 2.22. The summed E-state index contributed by atoms with van der Waals surface area (Å²) >= 11 is 13.5. The Morgan fingerprint density at radius 3 is 2.50 bits per heavy atom. The minimum absolute atomic E-state index is 0.0766. The Bertz CT molecular complexity index is 721. The van der Waals surface area contributed by atoms with Crippen LogP contribution in [0, 0.1) is 0 Å². The van der Waals surface area contributed by atoms with E-state index in [1.165, 1.54) is 18.2 Å². The molecule has 0 aliphatic carbocycles. The SMILES string of the molecule is CSCCC(NS(=O)(=O)c1cc(Cl)ccc1Cl)C(=O)N1CCCCCC1. The summed E-state index contributed by atoms with van der Waals surface area (Å²) in [5.41, 5.74) is 0. The molecule has 1 N–H and O–H groups in total. The van der Waals surface area contributed by atoms with Crippen LogP contribution in [0.2, 0.25) is 10.0 Å². The first-order chi connectivity index (χ1) is 12.3. The fourth-order valence-electron chi connectivity index (χ4n) is 2.91. The molecule has 1 unspecified atom stereocenters. The number of sulfonamides is 1. The van der Waals surface area contributed by atoms with Gasteiger partial charge in [-0.1, -0.05) is 36.0 Å². The third kappa shape index (κ3) is 6.02. The van der Waals surface area contributed by atoms with Crippen molar-refractivity contribution >= 4 is 50.9 Å². The topological polar surface area (TPSA) is 66.5 Å². The number of rotatable bonds is 7. The van der Waals surface area contributed by atoms with Gasteiger partial charge in [-0.05, 0) is 49.5 Å². The first-order valence-electron chi connectivity index (χ1n) is 8.60. The van der Waals surface area contributed by atoms with Crippen LogP contribution in [0.1, 0.15) is 32.1 Å². The zero-order chi connectivity index (χ0) is 19.2. The van der Waals surface area contributed by atoms with Crippen LogP contribution in [-0.4, -0.2) is 50.4 Å². The van der Waals surface area contributed by atoms with E-state index in [0.29, 0.717) is 25.3 Å². The highest BCUT2D eigenvalue weighted by Crippen LogP contribution is 2.25.